The number of rotatable bonds is 7. The van der Waals surface area contributed by atoms with Crippen molar-refractivity contribution in [3.05, 3.63) is 29.3 Å². The number of amides is 2. The van der Waals surface area contributed by atoms with Crippen LogP contribution in [0.5, 0.6) is 0 Å². The Kier molecular flexibility index (Phi) is 5.99. The van der Waals surface area contributed by atoms with Gasteiger partial charge in [-0.15, -0.1) is 0 Å². The van der Waals surface area contributed by atoms with Gasteiger partial charge in [-0.3, -0.25) is 14.5 Å². The second-order valence-electron chi connectivity index (χ2n) is 6.53. The van der Waals surface area contributed by atoms with E-state index in [4.69, 9.17) is 4.74 Å². The summed E-state index contributed by atoms with van der Waals surface area (Å²) >= 11 is 0. The van der Waals surface area contributed by atoms with Gasteiger partial charge >= 0.3 is 0 Å². The van der Waals surface area contributed by atoms with Gasteiger partial charge in [0.1, 0.15) is 5.54 Å². The number of aryl methyl sites for hydroxylation is 1. The number of hydrogen-bond donors (Lipinski definition) is 1. The van der Waals surface area contributed by atoms with Crippen LogP contribution in [0.25, 0.3) is 0 Å². The maximum atomic E-state index is 12.8. The van der Waals surface area contributed by atoms with Crippen LogP contribution in [0, 0.1) is 13.8 Å². The lowest BCUT2D eigenvalue weighted by Crippen LogP contribution is -2.55. The molecule has 2 rings (SSSR count). The van der Waals surface area contributed by atoms with E-state index in [1.54, 1.807) is 4.90 Å². The SMILES string of the molecule is CCOCCCNC(=O)[C@]1(C)CCC(=O)N1c1cccc(C)c1C. The molecule has 1 atom stereocenters. The molecule has 0 aliphatic carbocycles. The van der Waals surface area contributed by atoms with Gasteiger partial charge in [0.25, 0.3) is 0 Å². The van der Waals surface area contributed by atoms with E-state index >= 15 is 0 Å². The van der Waals surface area contributed by atoms with Gasteiger partial charge in [-0.1, -0.05) is 12.1 Å². The fourth-order valence-electron chi connectivity index (χ4n) is 3.15. The topological polar surface area (TPSA) is 58.6 Å². The van der Waals surface area contributed by atoms with E-state index < -0.39 is 5.54 Å². The predicted octanol–water partition coefficient (Wildman–Crippen LogP) is 2.73. The Morgan fingerprint density at radius 3 is 2.83 bits per heavy atom. The zero-order valence-corrected chi connectivity index (χ0v) is 15.1. The lowest BCUT2D eigenvalue weighted by Gasteiger charge is -2.35. The Balaban J connectivity index is 2.16. The predicted molar refractivity (Wildman–Crippen MR) is 95.2 cm³/mol. The van der Waals surface area contributed by atoms with Crippen molar-refractivity contribution in [2.45, 2.75) is 52.5 Å². The first kappa shape index (κ1) is 18.5. The average molecular weight is 332 g/mol. The van der Waals surface area contributed by atoms with Gasteiger partial charge in [0.15, 0.2) is 0 Å². The minimum absolute atomic E-state index is 0.00988. The number of nitrogens with zero attached hydrogens (tertiary/aromatic N) is 1. The van der Waals surface area contributed by atoms with Crippen LogP contribution >= 0.6 is 0 Å². The van der Waals surface area contributed by atoms with E-state index in [2.05, 4.69) is 5.32 Å². The Hall–Kier alpha value is -1.88. The molecule has 1 aromatic carbocycles. The van der Waals surface area contributed by atoms with Crippen molar-refractivity contribution >= 4 is 17.5 Å². The molecule has 2 amide bonds. The van der Waals surface area contributed by atoms with E-state index in [0.29, 0.717) is 32.6 Å². The Bertz CT molecular complexity index is 615. The molecule has 24 heavy (non-hydrogen) atoms. The van der Waals surface area contributed by atoms with Crippen LogP contribution in [0.3, 0.4) is 0 Å². The molecule has 1 aromatic rings. The molecule has 1 heterocycles. The molecule has 0 aromatic heterocycles. The molecule has 132 valence electrons. The maximum Gasteiger partial charge on any atom is 0.246 e. The molecule has 5 heteroatoms. The molecule has 1 N–H and O–H groups in total. The van der Waals surface area contributed by atoms with E-state index in [9.17, 15) is 9.59 Å². The highest BCUT2D eigenvalue weighted by atomic mass is 16.5. The van der Waals surface area contributed by atoms with Crippen LogP contribution in [0.15, 0.2) is 18.2 Å². The van der Waals surface area contributed by atoms with Gasteiger partial charge in [0.2, 0.25) is 11.8 Å². The number of ether oxygens (including phenoxy) is 1. The lowest BCUT2D eigenvalue weighted by atomic mass is 9.95. The number of carbonyl (C=O) groups excluding carboxylic acids is 2. The van der Waals surface area contributed by atoms with Crippen molar-refractivity contribution in [2.75, 3.05) is 24.7 Å². The highest BCUT2D eigenvalue weighted by Gasteiger charge is 2.48. The molecule has 0 unspecified atom stereocenters. The van der Waals surface area contributed by atoms with Crippen molar-refractivity contribution < 1.29 is 14.3 Å². The number of nitrogens with one attached hydrogen (secondary N) is 1. The van der Waals surface area contributed by atoms with E-state index in [0.717, 1.165) is 23.2 Å². The number of hydrogen-bond acceptors (Lipinski definition) is 3. The molecule has 0 radical (unpaired) electrons. The second-order valence-corrected chi connectivity index (χ2v) is 6.53. The first-order chi connectivity index (χ1) is 11.4. The summed E-state index contributed by atoms with van der Waals surface area (Å²) in [6.07, 6.45) is 1.71. The summed E-state index contributed by atoms with van der Waals surface area (Å²) in [6.45, 7) is 9.70. The van der Waals surface area contributed by atoms with Gasteiger partial charge in [-0.2, -0.15) is 0 Å². The fourth-order valence-corrected chi connectivity index (χ4v) is 3.15. The van der Waals surface area contributed by atoms with E-state index in [-0.39, 0.29) is 11.8 Å². The molecule has 5 nitrogen and oxygen atoms in total. The molecule has 0 spiro atoms. The second kappa shape index (κ2) is 7.79. The highest BCUT2D eigenvalue weighted by Crippen LogP contribution is 2.37. The molecular formula is C19H28N2O3. The fraction of sp³-hybridized carbons (Fsp3) is 0.579. The zero-order valence-electron chi connectivity index (χ0n) is 15.1. The molecule has 1 aliphatic heterocycles. The number of carbonyl (C=O) groups is 2. The van der Waals surface area contributed by atoms with Gasteiger partial charge < -0.3 is 10.1 Å². The van der Waals surface area contributed by atoms with Gasteiger partial charge in [-0.05, 0) is 57.7 Å². The Labute approximate surface area is 144 Å². The van der Waals surface area contributed by atoms with Crippen molar-refractivity contribution in [3.8, 4) is 0 Å². The molecule has 1 saturated heterocycles. The van der Waals surface area contributed by atoms with Crippen molar-refractivity contribution in [1.82, 2.24) is 5.32 Å². The average Bonchev–Trinajstić information content (AvgIpc) is 2.86. The van der Waals surface area contributed by atoms with Gasteiger partial charge in [-0.25, -0.2) is 0 Å². The van der Waals surface area contributed by atoms with Crippen LogP contribution < -0.4 is 10.2 Å². The molecular weight excluding hydrogens is 304 g/mol. The first-order valence-electron chi connectivity index (χ1n) is 8.67. The normalized spacial score (nSPS) is 20.5. The Morgan fingerprint density at radius 1 is 1.38 bits per heavy atom. The molecule has 0 bridgehead atoms. The minimum Gasteiger partial charge on any atom is -0.382 e. The van der Waals surface area contributed by atoms with Crippen molar-refractivity contribution in [1.29, 1.82) is 0 Å². The third kappa shape index (κ3) is 3.61. The summed E-state index contributed by atoms with van der Waals surface area (Å²) < 4.78 is 5.29. The number of benzene rings is 1. The quantitative estimate of drug-likeness (QED) is 0.781. The zero-order chi connectivity index (χ0) is 17.7. The standard InChI is InChI=1S/C19H28N2O3/c1-5-24-13-7-12-20-18(23)19(4)11-10-17(22)21(19)16-9-6-8-14(2)15(16)3/h6,8-9H,5,7,10-13H2,1-4H3,(H,20,23)/t19-/m0/s1. The maximum absolute atomic E-state index is 12.8. The van der Waals surface area contributed by atoms with Crippen LogP contribution in [-0.2, 0) is 14.3 Å². The molecule has 1 aliphatic rings. The van der Waals surface area contributed by atoms with Crippen LogP contribution in [0.1, 0.15) is 44.2 Å². The van der Waals surface area contributed by atoms with E-state index in [1.807, 2.05) is 45.9 Å². The summed E-state index contributed by atoms with van der Waals surface area (Å²) in [7, 11) is 0. The summed E-state index contributed by atoms with van der Waals surface area (Å²) in [6, 6.07) is 5.88. The molecule has 1 fully saturated rings. The minimum atomic E-state index is -0.832. The third-order valence-electron chi connectivity index (χ3n) is 4.83. The largest absolute Gasteiger partial charge is 0.382 e. The van der Waals surface area contributed by atoms with E-state index in [1.165, 1.54) is 0 Å². The Morgan fingerprint density at radius 2 is 2.12 bits per heavy atom. The summed E-state index contributed by atoms with van der Waals surface area (Å²) in [5.41, 5.74) is 2.17. The first-order valence-corrected chi connectivity index (χ1v) is 8.67. The smallest absolute Gasteiger partial charge is 0.246 e. The van der Waals surface area contributed by atoms with Crippen molar-refractivity contribution in [2.24, 2.45) is 0 Å². The van der Waals surface area contributed by atoms with Gasteiger partial charge in [0.05, 0.1) is 0 Å². The summed E-state index contributed by atoms with van der Waals surface area (Å²) in [5.74, 6) is -0.0820. The summed E-state index contributed by atoms with van der Waals surface area (Å²) in [4.78, 5) is 27.0. The van der Waals surface area contributed by atoms with Crippen LogP contribution in [0.2, 0.25) is 0 Å². The van der Waals surface area contributed by atoms with Crippen molar-refractivity contribution in [3.63, 3.8) is 0 Å². The van der Waals surface area contributed by atoms with Crippen LogP contribution in [-0.4, -0.2) is 37.1 Å². The third-order valence-corrected chi connectivity index (χ3v) is 4.83. The monoisotopic (exact) mass is 332 g/mol. The summed E-state index contributed by atoms with van der Waals surface area (Å²) in [5, 5.41) is 2.97. The lowest BCUT2D eigenvalue weighted by molar-refractivity contribution is -0.127. The molecule has 0 saturated carbocycles. The number of anilines is 1. The van der Waals surface area contributed by atoms with Crippen LogP contribution in [0.4, 0.5) is 5.69 Å². The van der Waals surface area contributed by atoms with Gasteiger partial charge in [0, 0.05) is 31.9 Å². The highest BCUT2D eigenvalue weighted by molar-refractivity contribution is 6.07.